The molecule has 0 spiro atoms. The first-order valence-corrected chi connectivity index (χ1v) is 5.87. The van der Waals surface area contributed by atoms with Gasteiger partial charge in [0.2, 0.25) is 0 Å². The minimum atomic E-state index is -0.0637. The van der Waals surface area contributed by atoms with Crippen LogP contribution >= 0.6 is 15.9 Å². The number of halogens is 1. The lowest BCUT2D eigenvalue weighted by molar-refractivity contribution is -0.114. The summed E-state index contributed by atoms with van der Waals surface area (Å²) in [5.74, 6) is 0.171. The van der Waals surface area contributed by atoms with Gasteiger partial charge in [0.05, 0.1) is 16.4 Å². The number of nitrogens with zero attached hydrogens (tertiary/aromatic N) is 1. The van der Waals surface area contributed by atoms with Crippen molar-refractivity contribution < 1.29 is 4.79 Å². The van der Waals surface area contributed by atoms with Crippen LogP contribution in [0.5, 0.6) is 0 Å². The molecule has 1 heterocycles. The Labute approximate surface area is 101 Å². The van der Waals surface area contributed by atoms with Gasteiger partial charge in [-0.3, -0.25) is 9.36 Å². The summed E-state index contributed by atoms with van der Waals surface area (Å²) in [5.41, 5.74) is 1.77. The van der Waals surface area contributed by atoms with E-state index in [4.69, 9.17) is 0 Å². The van der Waals surface area contributed by atoms with E-state index in [1.807, 2.05) is 24.3 Å². The number of imidazole rings is 1. The van der Waals surface area contributed by atoms with E-state index in [1.165, 1.54) is 6.92 Å². The molecule has 16 heavy (non-hydrogen) atoms. The second kappa shape index (κ2) is 5.65. The molecule has 2 rings (SSSR count). The van der Waals surface area contributed by atoms with E-state index < -0.39 is 0 Å². The Balaban J connectivity index is 0.000000221. The molecular formula is C11H13BrN2O2. The van der Waals surface area contributed by atoms with Crippen LogP contribution in [0.1, 0.15) is 6.92 Å². The molecule has 0 bridgehead atoms. The van der Waals surface area contributed by atoms with Crippen molar-refractivity contribution in [2.24, 2.45) is 7.05 Å². The number of aryl methyl sites for hydroxylation is 1. The van der Waals surface area contributed by atoms with Gasteiger partial charge in [-0.15, -0.1) is 0 Å². The number of alkyl halides is 1. The molecule has 4 nitrogen and oxygen atoms in total. The maximum atomic E-state index is 11.0. The van der Waals surface area contributed by atoms with E-state index in [1.54, 1.807) is 11.6 Å². The lowest BCUT2D eigenvalue weighted by Gasteiger charge is -1.89. The van der Waals surface area contributed by atoms with Crippen molar-refractivity contribution in [3.05, 3.63) is 34.7 Å². The minimum absolute atomic E-state index is 0.0637. The van der Waals surface area contributed by atoms with Crippen LogP contribution in [0.15, 0.2) is 29.1 Å². The number of hydrogen-bond donors (Lipinski definition) is 1. The van der Waals surface area contributed by atoms with Crippen LogP contribution in [-0.4, -0.2) is 20.7 Å². The molecular weight excluding hydrogens is 272 g/mol. The first-order valence-electron chi connectivity index (χ1n) is 4.75. The molecule has 0 aliphatic heterocycles. The van der Waals surface area contributed by atoms with Crippen LogP contribution in [-0.2, 0) is 11.8 Å². The number of carbonyl (C=O) groups is 1. The first-order chi connectivity index (χ1) is 7.56. The molecule has 86 valence electrons. The number of fused-ring (bicyclic) bond motifs is 1. The monoisotopic (exact) mass is 284 g/mol. The van der Waals surface area contributed by atoms with Crippen molar-refractivity contribution in [3.63, 3.8) is 0 Å². The zero-order valence-electron chi connectivity index (χ0n) is 9.16. The van der Waals surface area contributed by atoms with Gasteiger partial charge < -0.3 is 4.98 Å². The van der Waals surface area contributed by atoms with Crippen molar-refractivity contribution in [2.45, 2.75) is 6.92 Å². The molecule has 1 N–H and O–H groups in total. The standard InChI is InChI=1S/C8H8N2O.C3H5BrO/c1-10-7-5-3-2-4-6(7)9-8(10)11;1-3(5)2-4/h2-5H,1H3,(H,9,11);2H2,1H3. The van der Waals surface area contributed by atoms with Gasteiger partial charge >= 0.3 is 5.69 Å². The van der Waals surface area contributed by atoms with Gasteiger partial charge in [0.1, 0.15) is 5.78 Å². The normalized spacial score (nSPS) is 9.69. The number of H-pyrrole nitrogens is 1. The minimum Gasteiger partial charge on any atom is -0.306 e. The fourth-order valence-corrected chi connectivity index (χ4v) is 1.18. The third-order valence-corrected chi connectivity index (χ3v) is 2.79. The SMILES string of the molecule is CC(=O)CBr.Cn1c(=O)[nH]c2ccccc21. The van der Waals surface area contributed by atoms with E-state index in [0.717, 1.165) is 11.0 Å². The van der Waals surface area contributed by atoms with Crippen LogP contribution < -0.4 is 5.69 Å². The van der Waals surface area contributed by atoms with Gasteiger partial charge in [-0.05, 0) is 19.1 Å². The average Bonchev–Trinajstić information content (AvgIpc) is 2.56. The van der Waals surface area contributed by atoms with Gasteiger partial charge in [-0.2, -0.15) is 0 Å². The zero-order chi connectivity index (χ0) is 12.1. The first kappa shape index (κ1) is 12.7. The van der Waals surface area contributed by atoms with Crippen LogP contribution in [0, 0.1) is 0 Å². The largest absolute Gasteiger partial charge is 0.326 e. The summed E-state index contributed by atoms with van der Waals surface area (Å²) in [6, 6.07) is 7.61. The molecule has 0 aliphatic carbocycles. The highest BCUT2D eigenvalue weighted by atomic mass is 79.9. The fraction of sp³-hybridized carbons (Fsp3) is 0.273. The van der Waals surface area contributed by atoms with Gasteiger partial charge in [0.25, 0.3) is 0 Å². The number of rotatable bonds is 1. The zero-order valence-corrected chi connectivity index (χ0v) is 10.7. The van der Waals surface area contributed by atoms with Crippen LogP contribution in [0.3, 0.4) is 0 Å². The topological polar surface area (TPSA) is 54.9 Å². The van der Waals surface area contributed by atoms with Crippen LogP contribution in [0.4, 0.5) is 0 Å². The van der Waals surface area contributed by atoms with Crippen molar-refractivity contribution in [1.82, 2.24) is 9.55 Å². The third-order valence-electron chi connectivity index (χ3n) is 2.00. The highest BCUT2D eigenvalue weighted by molar-refractivity contribution is 9.09. The summed E-state index contributed by atoms with van der Waals surface area (Å²) in [7, 11) is 1.75. The number of aromatic nitrogens is 2. The van der Waals surface area contributed by atoms with Crippen molar-refractivity contribution in [2.75, 3.05) is 5.33 Å². The predicted molar refractivity (Wildman–Crippen MR) is 68.0 cm³/mol. The average molecular weight is 285 g/mol. The Morgan fingerprint density at radius 3 is 2.50 bits per heavy atom. The number of Topliss-reactive ketones (excluding diaryl/α,β-unsaturated/α-hetero) is 1. The van der Waals surface area contributed by atoms with Gasteiger partial charge in [-0.25, -0.2) is 4.79 Å². The number of nitrogens with one attached hydrogen (secondary N) is 1. The summed E-state index contributed by atoms with van der Waals surface area (Å²) < 4.78 is 1.59. The second-order valence-electron chi connectivity index (χ2n) is 3.34. The third kappa shape index (κ3) is 3.06. The molecule has 0 saturated heterocycles. The summed E-state index contributed by atoms with van der Waals surface area (Å²) in [6.45, 7) is 1.54. The molecule has 0 radical (unpaired) electrons. The predicted octanol–water partition coefficient (Wildman–Crippen LogP) is 1.84. The molecule has 0 amide bonds. The number of benzene rings is 1. The fourth-order valence-electron chi connectivity index (χ4n) is 1.18. The Hall–Kier alpha value is -1.36. The smallest absolute Gasteiger partial charge is 0.306 e. The Kier molecular flexibility index (Phi) is 4.49. The van der Waals surface area contributed by atoms with E-state index in [9.17, 15) is 9.59 Å². The molecule has 0 aliphatic rings. The number of aromatic amines is 1. The summed E-state index contributed by atoms with van der Waals surface area (Å²) in [5, 5.41) is 0.479. The summed E-state index contributed by atoms with van der Waals surface area (Å²) in [6.07, 6.45) is 0. The van der Waals surface area contributed by atoms with E-state index >= 15 is 0 Å². The van der Waals surface area contributed by atoms with E-state index in [-0.39, 0.29) is 11.5 Å². The van der Waals surface area contributed by atoms with E-state index in [0.29, 0.717) is 5.33 Å². The van der Waals surface area contributed by atoms with Gasteiger partial charge in [0, 0.05) is 7.05 Å². The molecule has 0 unspecified atom stereocenters. The molecule has 0 fully saturated rings. The molecule has 2 aromatic rings. The molecule has 0 saturated carbocycles. The maximum absolute atomic E-state index is 11.0. The van der Waals surface area contributed by atoms with Crippen molar-refractivity contribution in [1.29, 1.82) is 0 Å². The molecule has 5 heteroatoms. The lowest BCUT2D eigenvalue weighted by Crippen LogP contribution is -2.11. The number of ketones is 1. The van der Waals surface area contributed by atoms with Crippen LogP contribution in [0.25, 0.3) is 11.0 Å². The lowest BCUT2D eigenvalue weighted by atomic mass is 10.3. The summed E-state index contributed by atoms with van der Waals surface area (Å²) >= 11 is 2.96. The van der Waals surface area contributed by atoms with Gasteiger partial charge in [0.15, 0.2) is 0 Å². The maximum Gasteiger partial charge on any atom is 0.326 e. The van der Waals surface area contributed by atoms with Crippen molar-refractivity contribution in [3.8, 4) is 0 Å². The highest BCUT2D eigenvalue weighted by Crippen LogP contribution is 2.06. The quantitative estimate of drug-likeness (QED) is 0.813. The summed E-state index contributed by atoms with van der Waals surface area (Å²) in [4.78, 5) is 23.5. The van der Waals surface area contributed by atoms with Crippen LogP contribution in [0.2, 0.25) is 0 Å². The number of hydrogen-bond acceptors (Lipinski definition) is 2. The second-order valence-corrected chi connectivity index (χ2v) is 3.90. The Morgan fingerprint density at radius 1 is 1.44 bits per heavy atom. The van der Waals surface area contributed by atoms with Crippen molar-refractivity contribution >= 4 is 32.7 Å². The number of para-hydroxylation sites is 2. The van der Waals surface area contributed by atoms with E-state index in [2.05, 4.69) is 20.9 Å². The van der Waals surface area contributed by atoms with Gasteiger partial charge in [-0.1, -0.05) is 28.1 Å². The molecule has 0 atom stereocenters. The Morgan fingerprint density at radius 2 is 2.00 bits per heavy atom. The number of carbonyl (C=O) groups excluding carboxylic acids is 1. The highest BCUT2D eigenvalue weighted by Gasteiger charge is 1.98. The Bertz CT molecular complexity index is 542. The molecule has 1 aromatic carbocycles. The molecule has 1 aromatic heterocycles.